The van der Waals surface area contributed by atoms with E-state index in [-0.39, 0.29) is 0 Å². The minimum Gasteiger partial charge on any atom is -0.755 e. The van der Waals surface area contributed by atoms with Crippen molar-refractivity contribution in [3.63, 3.8) is 0 Å². The highest BCUT2D eigenvalue weighted by Gasteiger charge is 2.39. The number of anilines is 2. The van der Waals surface area contributed by atoms with Crippen molar-refractivity contribution in [2.75, 3.05) is 29.3 Å². The third kappa shape index (κ3) is 5.81. The van der Waals surface area contributed by atoms with Crippen LogP contribution in [0.15, 0.2) is 36.7 Å². The summed E-state index contributed by atoms with van der Waals surface area (Å²) in [7, 11) is 0. The number of nitrogens with one attached hydrogen (secondary N) is 1. The lowest BCUT2D eigenvalue weighted by molar-refractivity contribution is 0.279. The Kier molecular flexibility index (Phi) is 6.52. The van der Waals surface area contributed by atoms with Crippen molar-refractivity contribution < 1.29 is 13.5 Å². The Labute approximate surface area is 178 Å². The number of hydrogen-bond acceptors (Lipinski definition) is 6. The van der Waals surface area contributed by atoms with Gasteiger partial charge in [-0.15, -0.1) is 0 Å². The maximum atomic E-state index is 10.6. The first-order valence-corrected chi connectivity index (χ1v) is 11.3. The molecule has 0 spiro atoms. The van der Waals surface area contributed by atoms with Crippen LogP contribution in [-0.2, 0) is 11.3 Å². The zero-order valence-corrected chi connectivity index (χ0v) is 17.6. The van der Waals surface area contributed by atoms with Gasteiger partial charge >= 0.3 is 0 Å². The minimum absolute atomic E-state index is 0.533. The summed E-state index contributed by atoms with van der Waals surface area (Å²) in [4.78, 5) is 10.9. The molecule has 2 aromatic rings. The lowest BCUT2D eigenvalue weighted by Gasteiger charge is -2.32. The molecule has 29 heavy (non-hydrogen) atoms. The minimum atomic E-state index is -2.30. The number of rotatable bonds is 8. The van der Waals surface area contributed by atoms with Crippen molar-refractivity contribution in [1.82, 2.24) is 9.97 Å². The normalized spacial score (nSPS) is 22.9. The Hall–Kier alpha value is -1.90. The van der Waals surface area contributed by atoms with E-state index in [1.54, 1.807) is 36.7 Å². The Morgan fingerprint density at radius 3 is 2.52 bits per heavy atom. The molecule has 0 radical (unpaired) electrons. The molecule has 0 amide bonds. The Bertz CT molecular complexity index is 829. The molecule has 1 N–H and O–H groups in total. The molecule has 2 fully saturated rings. The van der Waals surface area contributed by atoms with Crippen LogP contribution in [0.2, 0.25) is 5.02 Å². The van der Waals surface area contributed by atoms with Gasteiger partial charge in [0.2, 0.25) is 5.95 Å². The first kappa shape index (κ1) is 20.4. The topological polar surface area (TPSA) is 90.4 Å². The van der Waals surface area contributed by atoms with Gasteiger partial charge < -0.3 is 18.9 Å². The number of benzene rings is 1. The Balaban J connectivity index is 1.15. The van der Waals surface area contributed by atoms with Crippen LogP contribution in [0.5, 0.6) is 5.75 Å². The van der Waals surface area contributed by atoms with E-state index in [0.717, 1.165) is 43.2 Å². The molecule has 1 aromatic heterocycles. The van der Waals surface area contributed by atoms with Gasteiger partial charge in [-0.1, -0.05) is 11.6 Å². The molecule has 0 bridgehead atoms. The lowest BCUT2D eigenvalue weighted by atomic mass is 9.91. The Morgan fingerprint density at radius 2 is 1.86 bits per heavy atom. The quantitative estimate of drug-likeness (QED) is 0.636. The summed E-state index contributed by atoms with van der Waals surface area (Å²) in [6.07, 6.45) is 8.15. The van der Waals surface area contributed by atoms with Crippen molar-refractivity contribution >= 4 is 34.5 Å². The van der Waals surface area contributed by atoms with Crippen LogP contribution in [0.3, 0.4) is 0 Å². The molecule has 1 saturated heterocycles. The van der Waals surface area contributed by atoms with Gasteiger partial charge in [-0.05, 0) is 67.7 Å². The number of halogens is 1. The zero-order chi connectivity index (χ0) is 20.2. The second kappa shape index (κ2) is 9.28. The Morgan fingerprint density at radius 1 is 1.17 bits per heavy atom. The first-order chi connectivity index (χ1) is 14.1. The fraction of sp³-hybridized carbons (Fsp3) is 0.500. The molecule has 1 aromatic carbocycles. The molecule has 1 saturated carbocycles. The summed E-state index contributed by atoms with van der Waals surface area (Å²) in [5.74, 6) is 3.68. The van der Waals surface area contributed by atoms with Crippen LogP contribution in [0.1, 0.15) is 25.7 Å². The fourth-order valence-electron chi connectivity index (χ4n) is 3.99. The number of ether oxygens (including phenoxy) is 1. The van der Waals surface area contributed by atoms with Crippen molar-refractivity contribution in [2.45, 2.75) is 25.7 Å². The highest BCUT2D eigenvalue weighted by atomic mass is 35.5. The van der Waals surface area contributed by atoms with Gasteiger partial charge in [0.15, 0.2) is 0 Å². The summed E-state index contributed by atoms with van der Waals surface area (Å²) in [6, 6.07) is 6.99. The molecular weight excluding hydrogens is 412 g/mol. The lowest BCUT2D eigenvalue weighted by Crippen LogP contribution is -2.35. The van der Waals surface area contributed by atoms with E-state index in [9.17, 15) is 8.76 Å². The SMILES string of the molecule is O=S([O-])Nc1ccc(OC[C@H]2C[C@H]2CC2CCN(c3ncc(Cl)cn3)CC2)cc1. The second-order valence-corrected chi connectivity index (χ2v) is 8.91. The number of piperidine rings is 1. The zero-order valence-electron chi connectivity index (χ0n) is 16.0. The summed E-state index contributed by atoms with van der Waals surface area (Å²) in [5.41, 5.74) is 0.533. The molecule has 7 nitrogen and oxygen atoms in total. The van der Waals surface area contributed by atoms with Gasteiger partial charge in [0.05, 0.1) is 24.0 Å². The molecule has 9 heteroatoms. The average molecular weight is 436 g/mol. The van der Waals surface area contributed by atoms with Crippen LogP contribution < -0.4 is 14.4 Å². The van der Waals surface area contributed by atoms with Gasteiger partial charge in [-0.2, -0.15) is 0 Å². The molecule has 2 aliphatic rings. The third-order valence-electron chi connectivity index (χ3n) is 5.73. The predicted octanol–water partition coefficient (Wildman–Crippen LogP) is 3.66. The van der Waals surface area contributed by atoms with Crippen molar-refractivity contribution in [3.05, 3.63) is 41.7 Å². The van der Waals surface area contributed by atoms with E-state index in [1.165, 1.54) is 25.7 Å². The summed E-state index contributed by atoms with van der Waals surface area (Å²) >= 11 is 3.56. The van der Waals surface area contributed by atoms with E-state index < -0.39 is 11.3 Å². The van der Waals surface area contributed by atoms with Gasteiger partial charge in [-0.25, -0.2) is 9.97 Å². The van der Waals surface area contributed by atoms with Crippen LogP contribution in [-0.4, -0.2) is 38.4 Å². The van der Waals surface area contributed by atoms with Crippen LogP contribution in [0.25, 0.3) is 0 Å². The maximum absolute atomic E-state index is 10.6. The van der Waals surface area contributed by atoms with E-state index >= 15 is 0 Å². The van der Waals surface area contributed by atoms with E-state index in [2.05, 4.69) is 19.6 Å². The molecule has 1 aliphatic carbocycles. The number of nitrogens with zero attached hydrogens (tertiary/aromatic N) is 3. The highest BCUT2D eigenvalue weighted by molar-refractivity contribution is 7.80. The highest BCUT2D eigenvalue weighted by Crippen LogP contribution is 2.45. The van der Waals surface area contributed by atoms with Crippen LogP contribution in [0, 0.1) is 17.8 Å². The van der Waals surface area contributed by atoms with Gasteiger partial charge in [-0.3, -0.25) is 4.21 Å². The average Bonchev–Trinajstić information content (AvgIpc) is 3.46. The van der Waals surface area contributed by atoms with Gasteiger partial charge in [0.1, 0.15) is 5.75 Å². The van der Waals surface area contributed by atoms with E-state index in [0.29, 0.717) is 16.6 Å². The predicted molar refractivity (Wildman–Crippen MR) is 113 cm³/mol. The van der Waals surface area contributed by atoms with Crippen molar-refractivity contribution in [1.29, 1.82) is 0 Å². The molecule has 2 heterocycles. The summed E-state index contributed by atoms with van der Waals surface area (Å²) in [6.45, 7) is 2.71. The van der Waals surface area contributed by atoms with Crippen LogP contribution >= 0.6 is 11.6 Å². The summed E-state index contributed by atoms with van der Waals surface area (Å²) < 4.78 is 29.4. The number of hydrogen-bond donors (Lipinski definition) is 1. The molecule has 1 unspecified atom stereocenters. The van der Waals surface area contributed by atoms with E-state index in [4.69, 9.17) is 16.3 Å². The van der Waals surface area contributed by atoms with Gasteiger partial charge in [0, 0.05) is 30.0 Å². The third-order valence-corrected chi connectivity index (χ3v) is 6.33. The van der Waals surface area contributed by atoms with Crippen molar-refractivity contribution in [3.8, 4) is 5.75 Å². The summed E-state index contributed by atoms with van der Waals surface area (Å²) in [5, 5.41) is 0.567. The largest absolute Gasteiger partial charge is 0.755 e. The molecule has 3 atom stereocenters. The molecule has 156 valence electrons. The van der Waals surface area contributed by atoms with E-state index in [1.807, 2.05) is 0 Å². The van der Waals surface area contributed by atoms with Gasteiger partial charge in [0.25, 0.3) is 0 Å². The standard InChI is InChI=1S/C20H25ClN4O3S/c21-17-11-22-20(23-12-17)25-7-5-14(6-8-25)9-15-10-16(15)13-28-19-3-1-18(2-4-19)24-29(26)27/h1-4,11-12,14-16,24H,5-10,13H2,(H,26,27)/p-1/t15-,16-/m1/s1. The van der Waals surface area contributed by atoms with Crippen molar-refractivity contribution in [2.24, 2.45) is 17.8 Å². The number of aromatic nitrogens is 2. The second-order valence-electron chi connectivity index (χ2n) is 7.80. The smallest absolute Gasteiger partial charge is 0.225 e. The molecule has 4 rings (SSSR count). The fourth-order valence-corrected chi connectivity index (χ4v) is 4.41. The molecule has 1 aliphatic heterocycles. The monoisotopic (exact) mass is 435 g/mol. The van der Waals surface area contributed by atoms with Crippen LogP contribution in [0.4, 0.5) is 11.6 Å². The molecular formula is C20H24ClN4O3S-. The maximum Gasteiger partial charge on any atom is 0.225 e. The first-order valence-electron chi connectivity index (χ1n) is 9.88.